The van der Waals surface area contributed by atoms with E-state index in [2.05, 4.69) is 6.92 Å². The van der Waals surface area contributed by atoms with Crippen molar-refractivity contribution in [1.82, 2.24) is 0 Å². The molecule has 0 fully saturated rings. The highest BCUT2D eigenvalue weighted by Gasteiger charge is 1.93. The molecule has 0 aliphatic carbocycles. The van der Waals surface area contributed by atoms with Crippen LogP contribution in [-0.4, -0.2) is 91.0 Å². The molecule has 0 amide bonds. The molecule has 0 aliphatic rings. The topological polar surface area (TPSA) is 75.6 Å². The van der Waals surface area contributed by atoms with Crippen LogP contribution in [0.2, 0.25) is 0 Å². The second-order valence-corrected chi connectivity index (χ2v) is 4.75. The number of rotatable bonds is 20. The first-order chi connectivity index (χ1) is 11.4. The Morgan fingerprint density at radius 3 is 1.09 bits per heavy atom. The summed E-state index contributed by atoms with van der Waals surface area (Å²) >= 11 is 0. The maximum Gasteiger partial charge on any atom is 0.0701 e. The standard InChI is InChI=1S/C16H34O7/c1-2-3-5-18-7-9-20-11-13-22-15-16-23-14-12-21-10-8-19-6-4-17/h17H,2-16H2,1H3. The van der Waals surface area contributed by atoms with E-state index in [4.69, 9.17) is 33.5 Å². The van der Waals surface area contributed by atoms with Gasteiger partial charge in [0.25, 0.3) is 0 Å². The Hall–Kier alpha value is -0.280. The Bertz CT molecular complexity index is 185. The van der Waals surface area contributed by atoms with Gasteiger partial charge in [-0.3, -0.25) is 0 Å². The molecule has 0 saturated heterocycles. The SMILES string of the molecule is CCCCOCCOCCOCCOCCOCCOCCO. The van der Waals surface area contributed by atoms with Gasteiger partial charge < -0.3 is 33.5 Å². The van der Waals surface area contributed by atoms with Crippen molar-refractivity contribution in [3.63, 3.8) is 0 Å². The van der Waals surface area contributed by atoms with Crippen LogP contribution in [0.3, 0.4) is 0 Å². The minimum absolute atomic E-state index is 0.0425. The largest absolute Gasteiger partial charge is 0.394 e. The lowest BCUT2D eigenvalue weighted by Gasteiger charge is -2.08. The molecule has 1 N–H and O–H groups in total. The minimum atomic E-state index is 0.0425. The summed E-state index contributed by atoms with van der Waals surface area (Å²) in [5, 5.41) is 8.50. The van der Waals surface area contributed by atoms with Crippen LogP contribution >= 0.6 is 0 Å². The molecule has 140 valence electrons. The van der Waals surface area contributed by atoms with Gasteiger partial charge >= 0.3 is 0 Å². The zero-order valence-electron chi connectivity index (χ0n) is 14.5. The lowest BCUT2D eigenvalue weighted by atomic mass is 10.4. The molecule has 0 radical (unpaired) electrons. The maximum absolute atomic E-state index is 8.50. The molecule has 0 aromatic rings. The summed E-state index contributed by atoms with van der Waals surface area (Å²) in [4.78, 5) is 0. The van der Waals surface area contributed by atoms with Gasteiger partial charge in [-0.1, -0.05) is 13.3 Å². The molecule has 0 heterocycles. The summed E-state index contributed by atoms with van der Waals surface area (Å²) in [5.74, 6) is 0. The van der Waals surface area contributed by atoms with Crippen molar-refractivity contribution < 1.29 is 33.5 Å². The van der Waals surface area contributed by atoms with Crippen LogP contribution in [0.1, 0.15) is 19.8 Å². The van der Waals surface area contributed by atoms with Gasteiger partial charge in [-0.25, -0.2) is 0 Å². The number of unbranched alkanes of at least 4 members (excludes halogenated alkanes) is 1. The predicted octanol–water partition coefficient (Wildman–Crippen LogP) is 0.878. The van der Waals surface area contributed by atoms with E-state index in [1.54, 1.807) is 0 Å². The third kappa shape index (κ3) is 21.7. The maximum atomic E-state index is 8.50. The summed E-state index contributed by atoms with van der Waals surface area (Å²) < 4.78 is 31.8. The molecule has 0 unspecified atom stereocenters. The minimum Gasteiger partial charge on any atom is -0.394 e. The number of aliphatic hydroxyl groups excluding tert-OH is 1. The first-order valence-corrected chi connectivity index (χ1v) is 8.49. The predicted molar refractivity (Wildman–Crippen MR) is 86.9 cm³/mol. The molecule has 0 saturated carbocycles. The first kappa shape index (κ1) is 22.7. The molecule has 0 rings (SSSR count). The third-order valence-corrected chi connectivity index (χ3v) is 2.74. The fourth-order valence-electron chi connectivity index (χ4n) is 1.51. The summed E-state index contributed by atoms with van der Waals surface area (Å²) in [6.07, 6.45) is 2.26. The van der Waals surface area contributed by atoms with Crippen LogP contribution in [0, 0.1) is 0 Å². The van der Waals surface area contributed by atoms with Crippen LogP contribution < -0.4 is 0 Å². The fraction of sp³-hybridized carbons (Fsp3) is 1.00. The summed E-state index contributed by atoms with van der Waals surface area (Å²) in [5.41, 5.74) is 0. The fourth-order valence-corrected chi connectivity index (χ4v) is 1.51. The van der Waals surface area contributed by atoms with Crippen LogP contribution in [0.4, 0.5) is 0 Å². The molecule has 23 heavy (non-hydrogen) atoms. The zero-order chi connectivity index (χ0) is 16.8. The molecule has 0 aliphatic heterocycles. The zero-order valence-corrected chi connectivity index (χ0v) is 14.5. The van der Waals surface area contributed by atoms with E-state index < -0.39 is 0 Å². The normalized spacial score (nSPS) is 11.2. The van der Waals surface area contributed by atoms with Gasteiger partial charge in [-0.2, -0.15) is 0 Å². The number of ether oxygens (including phenoxy) is 6. The third-order valence-electron chi connectivity index (χ3n) is 2.74. The van der Waals surface area contributed by atoms with Crippen molar-refractivity contribution in [2.75, 3.05) is 85.9 Å². The summed E-state index contributed by atoms with van der Waals surface area (Å²) in [6.45, 7) is 8.93. The van der Waals surface area contributed by atoms with Gasteiger partial charge in [0.1, 0.15) is 0 Å². The Labute approximate surface area is 140 Å². The van der Waals surface area contributed by atoms with E-state index in [-0.39, 0.29) is 6.61 Å². The van der Waals surface area contributed by atoms with E-state index in [9.17, 15) is 0 Å². The molecule has 7 nitrogen and oxygen atoms in total. The van der Waals surface area contributed by atoms with Crippen LogP contribution in [0.5, 0.6) is 0 Å². The first-order valence-electron chi connectivity index (χ1n) is 8.49. The van der Waals surface area contributed by atoms with E-state index in [1.807, 2.05) is 0 Å². The monoisotopic (exact) mass is 338 g/mol. The molecular weight excluding hydrogens is 304 g/mol. The lowest BCUT2D eigenvalue weighted by molar-refractivity contribution is -0.0182. The molecular formula is C16H34O7. The Morgan fingerprint density at radius 1 is 0.478 bits per heavy atom. The van der Waals surface area contributed by atoms with Gasteiger partial charge in [0, 0.05) is 6.61 Å². The molecule has 7 heteroatoms. The van der Waals surface area contributed by atoms with Gasteiger partial charge in [-0.15, -0.1) is 0 Å². The number of hydrogen-bond acceptors (Lipinski definition) is 7. The second kappa shape index (κ2) is 21.7. The van der Waals surface area contributed by atoms with Crippen molar-refractivity contribution in [3.8, 4) is 0 Å². The van der Waals surface area contributed by atoms with Crippen LogP contribution in [0.25, 0.3) is 0 Å². The van der Waals surface area contributed by atoms with Crippen molar-refractivity contribution in [2.45, 2.75) is 19.8 Å². The lowest BCUT2D eigenvalue weighted by Crippen LogP contribution is -2.14. The van der Waals surface area contributed by atoms with Crippen LogP contribution in [-0.2, 0) is 28.4 Å². The van der Waals surface area contributed by atoms with E-state index in [0.717, 1.165) is 19.4 Å². The van der Waals surface area contributed by atoms with E-state index in [1.165, 1.54) is 0 Å². The summed E-state index contributed by atoms with van der Waals surface area (Å²) in [6, 6.07) is 0. The highest BCUT2D eigenvalue weighted by Crippen LogP contribution is 1.88. The average Bonchev–Trinajstić information content (AvgIpc) is 2.57. The number of hydrogen-bond donors (Lipinski definition) is 1. The van der Waals surface area contributed by atoms with Gasteiger partial charge in [0.05, 0.1) is 79.3 Å². The summed E-state index contributed by atoms with van der Waals surface area (Å²) in [7, 11) is 0. The second-order valence-electron chi connectivity index (χ2n) is 4.75. The highest BCUT2D eigenvalue weighted by molar-refractivity contribution is 4.37. The Morgan fingerprint density at radius 2 is 0.783 bits per heavy atom. The number of aliphatic hydroxyl groups is 1. The van der Waals surface area contributed by atoms with Crippen LogP contribution in [0.15, 0.2) is 0 Å². The molecule has 0 spiro atoms. The Kier molecular flexibility index (Phi) is 21.5. The average molecular weight is 338 g/mol. The highest BCUT2D eigenvalue weighted by atomic mass is 16.6. The smallest absolute Gasteiger partial charge is 0.0701 e. The van der Waals surface area contributed by atoms with Gasteiger partial charge in [-0.05, 0) is 6.42 Å². The van der Waals surface area contributed by atoms with Gasteiger partial charge in [0.2, 0.25) is 0 Å². The quantitative estimate of drug-likeness (QED) is 0.330. The Balaban J connectivity index is 2.92. The molecule has 0 atom stereocenters. The van der Waals surface area contributed by atoms with Crippen molar-refractivity contribution in [2.24, 2.45) is 0 Å². The molecule has 0 aromatic carbocycles. The van der Waals surface area contributed by atoms with Gasteiger partial charge in [0.15, 0.2) is 0 Å². The van der Waals surface area contributed by atoms with Crippen molar-refractivity contribution in [1.29, 1.82) is 0 Å². The van der Waals surface area contributed by atoms with Crippen molar-refractivity contribution >= 4 is 0 Å². The van der Waals surface area contributed by atoms with E-state index in [0.29, 0.717) is 72.7 Å². The molecule has 0 bridgehead atoms. The van der Waals surface area contributed by atoms with E-state index >= 15 is 0 Å². The van der Waals surface area contributed by atoms with Crippen molar-refractivity contribution in [3.05, 3.63) is 0 Å². The molecule has 0 aromatic heterocycles.